The maximum Gasteiger partial charge on any atom is 0.238 e. The first-order chi connectivity index (χ1) is 14.1. The Bertz CT molecular complexity index is 1010. The Kier molecular flexibility index (Phi) is 6.18. The number of nitrogens with zero attached hydrogens (tertiary/aromatic N) is 1. The fraction of sp³-hybridized carbons (Fsp3) is 0.292. The van der Waals surface area contributed by atoms with Crippen molar-refractivity contribution in [3.8, 4) is 0 Å². The summed E-state index contributed by atoms with van der Waals surface area (Å²) in [7, 11) is 0. The third-order valence-corrected chi connectivity index (χ3v) is 7.27. The van der Waals surface area contributed by atoms with Gasteiger partial charge in [0.2, 0.25) is 5.91 Å². The summed E-state index contributed by atoms with van der Waals surface area (Å²) in [5, 5.41) is 3.05. The van der Waals surface area contributed by atoms with Crippen molar-refractivity contribution in [3.05, 3.63) is 85.5 Å². The second-order valence-electron chi connectivity index (χ2n) is 7.43. The Labute approximate surface area is 184 Å². The van der Waals surface area contributed by atoms with Gasteiger partial charge in [-0.05, 0) is 54.7 Å². The molecule has 1 aliphatic heterocycles. The van der Waals surface area contributed by atoms with E-state index in [0.717, 1.165) is 29.5 Å². The number of hydrogen-bond donors (Lipinski definition) is 1. The molecule has 3 aromatic rings. The Morgan fingerprint density at radius 3 is 2.72 bits per heavy atom. The Balaban J connectivity index is 1.62. The van der Waals surface area contributed by atoms with E-state index >= 15 is 0 Å². The number of aryl methyl sites for hydroxylation is 1. The summed E-state index contributed by atoms with van der Waals surface area (Å²) >= 11 is 5.37. The summed E-state index contributed by atoms with van der Waals surface area (Å²) in [6.45, 7) is 5.74. The molecule has 5 heteroatoms. The number of amides is 1. The fourth-order valence-electron chi connectivity index (χ4n) is 4.28. The Hall–Kier alpha value is -1.95. The van der Waals surface area contributed by atoms with Crippen molar-refractivity contribution in [3.63, 3.8) is 0 Å². The van der Waals surface area contributed by atoms with Gasteiger partial charge >= 0.3 is 0 Å². The van der Waals surface area contributed by atoms with Crippen LogP contribution in [0, 0.1) is 6.92 Å². The highest BCUT2D eigenvalue weighted by molar-refractivity contribution is 9.10. The molecule has 1 aromatic heterocycles. The minimum absolute atomic E-state index is 0.0245. The van der Waals surface area contributed by atoms with Gasteiger partial charge in [-0.1, -0.05) is 59.3 Å². The molecule has 2 heterocycles. The molecule has 0 aliphatic carbocycles. The highest BCUT2D eigenvalue weighted by atomic mass is 79.9. The molecule has 2 aromatic carbocycles. The lowest BCUT2D eigenvalue weighted by molar-refractivity contribution is -0.117. The fourth-order valence-corrected chi connectivity index (χ4v) is 6.14. The molecule has 150 valence electrons. The Morgan fingerprint density at radius 1 is 1.21 bits per heavy atom. The van der Waals surface area contributed by atoms with Crippen LogP contribution in [0.15, 0.2) is 59.1 Å². The van der Waals surface area contributed by atoms with E-state index in [4.69, 9.17) is 0 Å². The van der Waals surface area contributed by atoms with Gasteiger partial charge in [-0.15, -0.1) is 11.3 Å². The number of carbonyl (C=O) groups is 1. The summed E-state index contributed by atoms with van der Waals surface area (Å²) in [6, 6.07) is 18.5. The number of halogens is 1. The predicted octanol–water partition coefficient (Wildman–Crippen LogP) is 5.97. The van der Waals surface area contributed by atoms with E-state index in [1.807, 2.05) is 35.6 Å². The molecule has 1 N–H and O–H groups in total. The number of carbonyl (C=O) groups excluding carboxylic acids is 1. The van der Waals surface area contributed by atoms with Gasteiger partial charge in [-0.25, -0.2) is 0 Å². The zero-order chi connectivity index (χ0) is 20.4. The van der Waals surface area contributed by atoms with Crippen molar-refractivity contribution >= 4 is 38.9 Å². The van der Waals surface area contributed by atoms with E-state index < -0.39 is 0 Å². The molecule has 0 saturated carbocycles. The second-order valence-corrected chi connectivity index (χ2v) is 9.60. The third-order valence-electron chi connectivity index (χ3n) is 5.54. The molecule has 0 saturated heterocycles. The number of nitrogens with one attached hydrogen (secondary N) is 1. The molecular weight excluding hydrogens is 444 g/mol. The van der Waals surface area contributed by atoms with Gasteiger partial charge in [0, 0.05) is 26.5 Å². The SMILES string of the molecule is CCc1c(C)sc2c1CCN(CC(=O)Nc1cccc(Br)c1)C2c1ccccc1. The molecule has 1 aliphatic rings. The van der Waals surface area contributed by atoms with Gasteiger partial charge in [0.25, 0.3) is 0 Å². The van der Waals surface area contributed by atoms with E-state index in [2.05, 4.69) is 70.3 Å². The molecule has 1 unspecified atom stereocenters. The van der Waals surface area contributed by atoms with Crippen molar-refractivity contribution in [2.45, 2.75) is 32.7 Å². The number of anilines is 1. The summed E-state index contributed by atoms with van der Waals surface area (Å²) in [4.78, 5) is 18.0. The lowest BCUT2D eigenvalue weighted by atomic mass is 9.91. The maximum atomic E-state index is 12.8. The predicted molar refractivity (Wildman–Crippen MR) is 125 cm³/mol. The number of benzene rings is 2. The normalized spacial score (nSPS) is 16.4. The van der Waals surface area contributed by atoms with E-state index in [0.29, 0.717) is 6.54 Å². The second kappa shape index (κ2) is 8.82. The van der Waals surface area contributed by atoms with Crippen molar-refractivity contribution in [1.29, 1.82) is 0 Å². The van der Waals surface area contributed by atoms with Crippen LogP contribution in [0.25, 0.3) is 0 Å². The van der Waals surface area contributed by atoms with E-state index in [1.165, 1.54) is 26.4 Å². The van der Waals surface area contributed by atoms with Gasteiger partial charge in [0.15, 0.2) is 0 Å². The van der Waals surface area contributed by atoms with Crippen LogP contribution >= 0.6 is 27.3 Å². The quantitative estimate of drug-likeness (QED) is 0.500. The first-order valence-electron chi connectivity index (χ1n) is 10.0. The molecule has 1 amide bonds. The first-order valence-corrected chi connectivity index (χ1v) is 11.6. The van der Waals surface area contributed by atoms with Crippen LogP contribution in [0.1, 0.15) is 39.4 Å². The van der Waals surface area contributed by atoms with Gasteiger partial charge < -0.3 is 5.32 Å². The Morgan fingerprint density at radius 2 is 2.00 bits per heavy atom. The molecule has 29 heavy (non-hydrogen) atoms. The van der Waals surface area contributed by atoms with Crippen molar-refractivity contribution in [2.75, 3.05) is 18.4 Å². The molecule has 0 bridgehead atoms. The topological polar surface area (TPSA) is 32.3 Å². The lowest BCUT2D eigenvalue weighted by Crippen LogP contribution is -2.40. The van der Waals surface area contributed by atoms with Crippen LogP contribution in [0.5, 0.6) is 0 Å². The zero-order valence-electron chi connectivity index (χ0n) is 16.7. The van der Waals surface area contributed by atoms with Crippen LogP contribution in [-0.4, -0.2) is 23.9 Å². The van der Waals surface area contributed by atoms with Crippen molar-refractivity contribution in [2.24, 2.45) is 0 Å². The highest BCUT2D eigenvalue weighted by Gasteiger charge is 2.33. The number of thiophene rings is 1. The molecule has 1 atom stereocenters. The maximum absolute atomic E-state index is 12.8. The van der Waals surface area contributed by atoms with Crippen LogP contribution in [0.2, 0.25) is 0 Å². The van der Waals surface area contributed by atoms with Crippen molar-refractivity contribution in [1.82, 2.24) is 4.90 Å². The van der Waals surface area contributed by atoms with Gasteiger partial charge in [-0.2, -0.15) is 0 Å². The largest absolute Gasteiger partial charge is 0.325 e. The molecular formula is C24H25BrN2OS. The van der Waals surface area contributed by atoms with Crippen LogP contribution in [0.4, 0.5) is 5.69 Å². The summed E-state index contributed by atoms with van der Waals surface area (Å²) in [6.07, 6.45) is 2.08. The molecule has 0 radical (unpaired) electrons. The zero-order valence-corrected chi connectivity index (χ0v) is 19.1. The summed E-state index contributed by atoms with van der Waals surface area (Å²) in [5.41, 5.74) is 5.09. The van der Waals surface area contributed by atoms with E-state index in [-0.39, 0.29) is 11.9 Å². The first kappa shape index (κ1) is 20.3. The van der Waals surface area contributed by atoms with E-state index in [9.17, 15) is 4.79 Å². The molecule has 4 rings (SSSR count). The van der Waals surface area contributed by atoms with Crippen LogP contribution in [-0.2, 0) is 17.6 Å². The van der Waals surface area contributed by atoms with Crippen molar-refractivity contribution < 1.29 is 4.79 Å². The third kappa shape index (κ3) is 4.32. The average molecular weight is 469 g/mol. The van der Waals surface area contributed by atoms with Gasteiger partial charge in [0.1, 0.15) is 0 Å². The number of fused-ring (bicyclic) bond motifs is 1. The number of hydrogen-bond acceptors (Lipinski definition) is 3. The number of rotatable bonds is 5. The molecule has 0 spiro atoms. The minimum atomic E-state index is 0.0245. The lowest BCUT2D eigenvalue weighted by Gasteiger charge is -2.36. The van der Waals surface area contributed by atoms with Gasteiger partial charge in [0.05, 0.1) is 12.6 Å². The van der Waals surface area contributed by atoms with E-state index in [1.54, 1.807) is 0 Å². The summed E-state index contributed by atoms with van der Waals surface area (Å²) < 4.78 is 0.959. The van der Waals surface area contributed by atoms with Crippen LogP contribution in [0.3, 0.4) is 0 Å². The minimum Gasteiger partial charge on any atom is -0.325 e. The standard InChI is InChI=1S/C24H25BrN2OS/c1-3-20-16(2)29-24-21(20)12-13-27(23(24)17-8-5-4-6-9-17)15-22(28)26-19-11-7-10-18(25)14-19/h4-11,14,23H,3,12-13,15H2,1-2H3,(H,26,28). The molecule has 3 nitrogen and oxygen atoms in total. The van der Waals surface area contributed by atoms with Crippen LogP contribution < -0.4 is 5.32 Å². The smallest absolute Gasteiger partial charge is 0.238 e. The summed E-state index contributed by atoms with van der Waals surface area (Å²) in [5.74, 6) is 0.0245. The average Bonchev–Trinajstić information content (AvgIpc) is 3.03. The highest BCUT2D eigenvalue weighted by Crippen LogP contribution is 2.42. The molecule has 0 fully saturated rings. The van der Waals surface area contributed by atoms with Gasteiger partial charge in [-0.3, -0.25) is 9.69 Å². The monoisotopic (exact) mass is 468 g/mol.